The van der Waals surface area contributed by atoms with Gasteiger partial charge >= 0.3 is 7.60 Å². The van der Waals surface area contributed by atoms with Gasteiger partial charge in [0.2, 0.25) is 0 Å². The highest BCUT2D eigenvalue weighted by Gasteiger charge is 2.15. The summed E-state index contributed by atoms with van der Waals surface area (Å²) in [5.74, 6) is 0.533. The lowest BCUT2D eigenvalue weighted by molar-refractivity contribution is 0.385. The van der Waals surface area contributed by atoms with E-state index in [1.54, 1.807) is 6.07 Å². The van der Waals surface area contributed by atoms with E-state index in [0.29, 0.717) is 5.75 Å². The highest BCUT2D eigenvalue weighted by Crippen LogP contribution is 2.40. The van der Waals surface area contributed by atoms with Gasteiger partial charge in [0.25, 0.3) is 0 Å². The molecule has 1 atom stereocenters. The van der Waals surface area contributed by atoms with E-state index in [9.17, 15) is 9.46 Å². The lowest BCUT2D eigenvalue weighted by Gasteiger charge is -2.14. The summed E-state index contributed by atoms with van der Waals surface area (Å²) >= 11 is 0. The molecule has 1 unspecified atom stereocenters. The molecule has 0 saturated carbocycles. The van der Waals surface area contributed by atoms with Crippen LogP contribution in [0.4, 0.5) is 0 Å². The Kier molecular flexibility index (Phi) is 3.95. The van der Waals surface area contributed by atoms with Gasteiger partial charge in [0, 0.05) is 6.66 Å². The Labute approximate surface area is 90.6 Å². The van der Waals surface area contributed by atoms with Crippen molar-refractivity contribution in [2.75, 3.05) is 6.66 Å². The monoisotopic (exact) mass is 228 g/mol. The Balaban J connectivity index is 3.12. The zero-order valence-electron chi connectivity index (χ0n) is 9.36. The molecule has 0 aromatic heterocycles. The molecule has 1 rings (SSSR count). The topological polar surface area (TPSA) is 46.5 Å². The van der Waals surface area contributed by atoms with Crippen molar-refractivity contribution < 1.29 is 14.0 Å². The van der Waals surface area contributed by atoms with Gasteiger partial charge in [-0.15, -0.1) is 0 Å². The fourth-order valence-electron chi connectivity index (χ4n) is 1.61. The van der Waals surface area contributed by atoms with Gasteiger partial charge in [-0.25, -0.2) is 4.57 Å². The molecule has 0 fully saturated rings. The van der Waals surface area contributed by atoms with Gasteiger partial charge in [-0.2, -0.15) is 0 Å². The average molecular weight is 228 g/mol. The van der Waals surface area contributed by atoms with Crippen LogP contribution in [0.25, 0.3) is 0 Å². The summed E-state index contributed by atoms with van der Waals surface area (Å²) in [7, 11) is -3.46. The van der Waals surface area contributed by atoms with E-state index in [2.05, 4.69) is 6.92 Å². The zero-order chi connectivity index (χ0) is 11.5. The zero-order valence-corrected chi connectivity index (χ0v) is 10.3. The van der Waals surface area contributed by atoms with Crippen LogP contribution < -0.4 is 4.52 Å². The maximum absolute atomic E-state index is 11.2. The van der Waals surface area contributed by atoms with Gasteiger partial charge in [-0.3, -0.25) is 0 Å². The smallest absolute Gasteiger partial charge is 0.373 e. The fourth-order valence-corrected chi connectivity index (χ4v) is 2.15. The first-order valence-electron chi connectivity index (χ1n) is 5.08. The Morgan fingerprint density at radius 2 is 2.00 bits per heavy atom. The predicted octanol–water partition coefficient (Wildman–Crippen LogP) is 3.01. The maximum Gasteiger partial charge on any atom is 0.373 e. The Hall–Kier alpha value is -0.790. The fraction of sp³-hybridized carbons (Fsp3) is 0.455. The van der Waals surface area contributed by atoms with Gasteiger partial charge in [0.1, 0.15) is 5.75 Å². The van der Waals surface area contributed by atoms with Crippen molar-refractivity contribution >= 4 is 7.60 Å². The van der Waals surface area contributed by atoms with Gasteiger partial charge in [-0.05, 0) is 30.0 Å². The summed E-state index contributed by atoms with van der Waals surface area (Å²) in [6.07, 6.45) is 1.71. The van der Waals surface area contributed by atoms with Crippen molar-refractivity contribution in [3.05, 3.63) is 29.3 Å². The minimum absolute atomic E-state index is 0.533. The van der Waals surface area contributed by atoms with E-state index in [1.807, 2.05) is 19.1 Å². The normalized spacial score (nSPS) is 14.7. The van der Waals surface area contributed by atoms with Crippen LogP contribution in [-0.4, -0.2) is 11.6 Å². The molecular weight excluding hydrogens is 211 g/mol. The van der Waals surface area contributed by atoms with Crippen molar-refractivity contribution in [1.82, 2.24) is 0 Å². The molecule has 0 aliphatic heterocycles. The van der Waals surface area contributed by atoms with Crippen LogP contribution in [0, 0.1) is 0 Å². The molecule has 1 aromatic carbocycles. The van der Waals surface area contributed by atoms with Gasteiger partial charge < -0.3 is 9.42 Å². The van der Waals surface area contributed by atoms with Crippen LogP contribution in [0.5, 0.6) is 5.75 Å². The van der Waals surface area contributed by atoms with E-state index in [1.165, 1.54) is 12.2 Å². The minimum Gasteiger partial charge on any atom is -0.424 e. The molecule has 1 N–H and O–H groups in total. The van der Waals surface area contributed by atoms with E-state index in [0.717, 1.165) is 18.4 Å². The Morgan fingerprint density at radius 3 is 2.47 bits per heavy atom. The first-order chi connectivity index (χ1) is 6.98. The molecule has 0 aliphatic rings. The lowest BCUT2D eigenvalue weighted by atomic mass is 10.0. The van der Waals surface area contributed by atoms with Crippen LogP contribution in [0.3, 0.4) is 0 Å². The SMILES string of the molecule is CCc1cccc(OP(C)(=O)O)c1CC. The summed E-state index contributed by atoms with van der Waals surface area (Å²) in [6.45, 7) is 5.27. The molecule has 0 radical (unpaired) electrons. The molecule has 3 nitrogen and oxygen atoms in total. The number of hydrogen-bond acceptors (Lipinski definition) is 2. The van der Waals surface area contributed by atoms with Crippen molar-refractivity contribution in [1.29, 1.82) is 0 Å². The molecule has 0 spiro atoms. The summed E-state index contributed by atoms with van der Waals surface area (Å²) in [5.41, 5.74) is 2.19. The summed E-state index contributed by atoms with van der Waals surface area (Å²) < 4.78 is 16.3. The third kappa shape index (κ3) is 3.37. The molecular formula is C11H17O3P. The van der Waals surface area contributed by atoms with Crippen LogP contribution in [0.1, 0.15) is 25.0 Å². The Morgan fingerprint density at radius 1 is 1.33 bits per heavy atom. The van der Waals surface area contributed by atoms with Crippen LogP contribution >= 0.6 is 7.60 Å². The number of rotatable bonds is 4. The second-order valence-corrected chi connectivity index (χ2v) is 5.28. The first kappa shape index (κ1) is 12.3. The highest BCUT2D eigenvalue weighted by molar-refractivity contribution is 7.52. The van der Waals surface area contributed by atoms with Gasteiger partial charge in [0.15, 0.2) is 0 Å². The molecule has 15 heavy (non-hydrogen) atoms. The standard InChI is InChI=1S/C11H17O3P/c1-4-9-7-6-8-11(10(9)5-2)14-15(3,12)13/h6-8H,4-5H2,1-3H3,(H,12,13). The molecule has 0 aliphatic carbocycles. The van der Waals surface area contributed by atoms with E-state index < -0.39 is 7.60 Å². The summed E-state index contributed by atoms with van der Waals surface area (Å²) in [4.78, 5) is 9.19. The van der Waals surface area contributed by atoms with E-state index in [4.69, 9.17) is 4.52 Å². The lowest BCUT2D eigenvalue weighted by Crippen LogP contribution is -1.97. The molecule has 0 amide bonds. The molecule has 1 aromatic rings. The molecule has 0 heterocycles. The van der Waals surface area contributed by atoms with Crippen molar-refractivity contribution in [2.45, 2.75) is 26.7 Å². The molecule has 0 saturated heterocycles. The molecule has 4 heteroatoms. The van der Waals surface area contributed by atoms with Crippen LogP contribution in [0.15, 0.2) is 18.2 Å². The minimum atomic E-state index is -3.46. The number of aryl methyl sites for hydroxylation is 1. The van der Waals surface area contributed by atoms with Crippen molar-refractivity contribution in [3.8, 4) is 5.75 Å². The summed E-state index contributed by atoms with van der Waals surface area (Å²) in [6, 6.07) is 5.61. The first-order valence-corrected chi connectivity index (χ1v) is 7.11. The summed E-state index contributed by atoms with van der Waals surface area (Å²) in [5, 5.41) is 0. The van der Waals surface area contributed by atoms with Gasteiger partial charge in [-0.1, -0.05) is 26.0 Å². The number of benzene rings is 1. The van der Waals surface area contributed by atoms with E-state index >= 15 is 0 Å². The Bertz CT molecular complexity index is 381. The quantitative estimate of drug-likeness (QED) is 0.806. The van der Waals surface area contributed by atoms with Gasteiger partial charge in [0.05, 0.1) is 0 Å². The number of hydrogen-bond donors (Lipinski definition) is 1. The molecule has 84 valence electrons. The van der Waals surface area contributed by atoms with E-state index in [-0.39, 0.29) is 0 Å². The van der Waals surface area contributed by atoms with Crippen LogP contribution in [0.2, 0.25) is 0 Å². The predicted molar refractivity (Wildman–Crippen MR) is 61.6 cm³/mol. The van der Waals surface area contributed by atoms with Crippen molar-refractivity contribution in [3.63, 3.8) is 0 Å². The maximum atomic E-state index is 11.2. The molecule has 0 bridgehead atoms. The van der Waals surface area contributed by atoms with Crippen molar-refractivity contribution in [2.24, 2.45) is 0 Å². The highest BCUT2D eigenvalue weighted by atomic mass is 31.2. The average Bonchev–Trinajstić information content (AvgIpc) is 2.15. The third-order valence-corrected chi connectivity index (χ3v) is 2.77. The largest absolute Gasteiger partial charge is 0.424 e. The van der Waals surface area contributed by atoms with Crippen LogP contribution in [-0.2, 0) is 17.4 Å². The third-order valence-electron chi connectivity index (χ3n) is 2.23. The second-order valence-electron chi connectivity index (χ2n) is 3.50. The second kappa shape index (κ2) is 4.82.